The van der Waals surface area contributed by atoms with Gasteiger partial charge in [-0.15, -0.1) is 0 Å². The minimum atomic E-state index is 0.253. The van der Waals surface area contributed by atoms with Crippen molar-refractivity contribution in [2.24, 2.45) is 0 Å². The number of nitriles is 1. The summed E-state index contributed by atoms with van der Waals surface area (Å²) in [6.45, 7) is 6.77. The van der Waals surface area contributed by atoms with E-state index < -0.39 is 0 Å². The van der Waals surface area contributed by atoms with Crippen molar-refractivity contribution in [3.63, 3.8) is 0 Å². The number of morpholine rings is 1. The molecule has 2 unspecified atom stereocenters. The first-order valence-electron chi connectivity index (χ1n) is 7.10. The second kappa shape index (κ2) is 6.74. The van der Waals surface area contributed by atoms with E-state index in [1.165, 1.54) is 0 Å². The number of hydrogen-bond donors (Lipinski definition) is 0. The van der Waals surface area contributed by atoms with Gasteiger partial charge >= 0.3 is 0 Å². The lowest BCUT2D eigenvalue weighted by molar-refractivity contribution is -0.0593. The summed E-state index contributed by atoms with van der Waals surface area (Å²) in [4.78, 5) is 2.42. The van der Waals surface area contributed by atoms with Crippen LogP contribution < -0.4 is 4.74 Å². The van der Waals surface area contributed by atoms with E-state index in [1.54, 1.807) is 13.2 Å². The number of methoxy groups -OCH3 is 1. The molecule has 0 bridgehead atoms. The molecule has 0 N–H and O–H groups in total. The van der Waals surface area contributed by atoms with Gasteiger partial charge in [-0.3, -0.25) is 4.90 Å². The zero-order chi connectivity index (χ0) is 14.5. The highest BCUT2D eigenvalue weighted by molar-refractivity contribution is 5.42. The molecule has 4 heteroatoms. The Labute approximate surface area is 120 Å². The molecule has 108 valence electrons. The summed E-state index contributed by atoms with van der Waals surface area (Å²) in [5.74, 6) is 0.845. The lowest BCUT2D eigenvalue weighted by Crippen LogP contribution is -2.47. The fourth-order valence-corrected chi connectivity index (χ4v) is 2.67. The van der Waals surface area contributed by atoms with Crippen LogP contribution in [0.5, 0.6) is 5.75 Å². The van der Waals surface area contributed by atoms with Crippen LogP contribution in [-0.4, -0.2) is 37.3 Å². The Bertz CT molecular complexity index is 496. The molecule has 0 aromatic heterocycles. The van der Waals surface area contributed by atoms with Gasteiger partial charge in [0.1, 0.15) is 5.75 Å². The van der Waals surface area contributed by atoms with E-state index in [4.69, 9.17) is 14.7 Å². The zero-order valence-electron chi connectivity index (χ0n) is 12.4. The second-order valence-corrected chi connectivity index (χ2v) is 5.27. The molecule has 1 aromatic carbocycles. The molecule has 20 heavy (non-hydrogen) atoms. The fraction of sp³-hybridized carbons (Fsp3) is 0.562. The van der Waals surface area contributed by atoms with Crippen LogP contribution >= 0.6 is 0 Å². The van der Waals surface area contributed by atoms with Crippen LogP contribution in [-0.2, 0) is 11.3 Å². The smallest absolute Gasteiger partial charge is 0.123 e. The third-order valence-electron chi connectivity index (χ3n) is 3.84. The topological polar surface area (TPSA) is 45.5 Å². The summed E-state index contributed by atoms with van der Waals surface area (Å²) in [6, 6.07) is 8.21. The third kappa shape index (κ3) is 3.30. The Kier molecular flexibility index (Phi) is 4.99. The van der Waals surface area contributed by atoms with Gasteiger partial charge in [0.25, 0.3) is 0 Å². The van der Waals surface area contributed by atoms with Gasteiger partial charge in [0, 0.05) is 24.7 Å². The monoisotopic (exact) mass is 274 g/mol. The predicted octanol–water partition coefficient (Wildman–Crippen LogP) is 2.57. The molecule has 0 spiro atoms. The summed E-state index contributed by atoms with van der Waals surface area (Å²) < 4.78 is 11.1. The quantitative estimate of drug-likeness (QED) is 0.846. The molecule has 2 atom stereocenters. The number of ether oxygens (including phenoxy) is 2. The van der Waals surface area contributed by atoms with E-state index in [0.717, 1.165) is 37.4 Å². The molecule has 4 nitrogen and oxygen atoms in total. The molecule has 0 amide bonds. The highest BCUT2D eigenvalue weighted by atomic mass is 16.5. The summed E-state index contributed by atoms with van der Waals surface area (Å²) in [6.07, 6.45) is 1.32. The third-order valence-corrected chi connectivity index (χ3v) is 3.84. The number of nitrogens with zero attached hydrogens (tertiary/aromatic N) is 2. The van der Waals surface area contributed by atoms with Gasteiger partial charge in [-0.2, -0.15) is 5.26 Å². The molecular formula is C16H22N2O2. The standard InChI is InChI=1S/C16H22N2O2/c1-4-15-11-20-12(2)9-18(15)10-14-7-13(8-17)5-6-16(14)19-3/h5-7,12,15H,4,9-11H2,1-3H3. The fourth-order valence-electron chi connectivity index (χ4n) is 2.67. The van der Waals surface area contributed by atoms with Gasteiger partial charge in [-0.25, -0.2) is 0 Å². The van der Waals surface area contributed by atoms with Gasteiger partial charge in [0.2, 0.25) is 0 Å². The average molecular weight is 274 g/mol. The Hall–Kier alpha value is -1.57. The molecule has 2 rings (SSSR count). The maximum atomic E-state index is 9.05. The van der Waals surface area contributed by atoms with Gasteiger partial charge < -0.3 is 9.47 Å². The maximum Gasteiger partial charge on any atom is 0.123 e. The molecule has 0 saturated carbocycles. The molecule has 1 saturated heterocycles. The molecule has 0 radical (unpaired) electrons. The van der Waals surface area contributed by atoms with E-state index in [0.29, 0.717) is 11.6 Å². The van der Waals surface area contributed by atoms with Gasteiger partial charge in [-0.1, -0.05) is 6.92 Å². The maximum absolute atomic E-state index is 9.05. The molecule has 1 fully saturated rings. The first-order valence-corrected chi connectivity index (χ1v) is 7.10. The van der Waals surface area contributed by atoms with E-state index in [2.05, 4.69) is 24.8 Å². The minimum Gasteiger partial charge on any atom is -0.496 e. The van der Waals surface area contributed by atoms with Crippen molar-refractivity contribution in [1.82, 2.24) is 4.90 Å². The van der Waals surface area contributed by atoms with Crippen molar-refractivity contribution in [3.8, 4) is 11.8 Å². The van der Waals surface area contributed by atoms with Crippen molar-refractivity contribution < 1.29 is 9.47 Å². The zero-order valence-corrected chi connectivity index (χ0v) is 12.4. The molecule has 1 aliphatic rings. The van der Waals surface area contributed by atoms with Crippen LogP contribution in [0.3, 0.4) is 0 Å². The van der Waals surface area contributed by atoms with Crippen molar-refractivity contribution in [2.45, 2.75) is 39.0 Å². The molecule has 0 aliphatic carbocycles. The van der Waals surface area contributed by atoms with Crippen LogP contribution in [0.25, 0.3) is 0 Å². The van der Waals surface area contributed by atoms with Crippen LogP contribution in [0.2, 0.25) is 0 Å². The summed E-state index contributed by atoms with van der Waals surface area (Å²) in [7, 11) is 1.67. The van der Waals surface area contributed by atoms with Crippen molar-refractivity contribution in [3.05, 3.63) is 29.3 Å². The SMILES string of the molecule is CCC1COC(C)CN1Cc1cc(C#N)ccc1OC. The Balaban J connectivity index is 2.20. The van der Waals surface area contributed by atoms with Crippen molar-refractivity contribution in [1.29, 1.82) is 5.26 Å². The van der Waals surface area contributed by atoms with E-state index in [-0.39, 0.29) is 6.10 Å². The van der Waals surface area contributed by atoms with E-state index in [9.17, 15) is 0 Å². The normalized spacial score (nSPS) is 23.3. The van der Waals surface area contributed by atoms with Crippen LogP contribution in [0.15, 0.2) is 18.2 Å². The Morgan fingerprint density at radius 2 is 2.30 bits per heavy atom. The highest BCUT2D eigenvalue weighted by Gasteiger charge is 2.26. The van der Waals surface area contributed by atoms with Crippen molar-refractivity contribution >= 4 is 0 Å². The predicted molar refractivity (Wildman–Crippen MR) is 77.6 cm³/mol. The number of benzene rings is 1. The Morgan fingerprint density at radius 3 is 2.95 bits per heavy atom. The van der Waals surface area contributed by atoms with Crippen LogP contribution in [0.1, 0.15) is 31.4 Å². The first kappa shape index (κ1) is 14.8. The highest BCUT2D eigenvalue weighted by Crippen LogP contribution is 2.24. The number of rotatable bonds is 4. The second-order valence-electron chi connectivity index (χ2n) is 5.27. The minimum absolute atomic E-state index is 0.253. The molecule has 1 aromatic rings. The van der Waals surface area contributed by atoms with Crippen LogP contribution in [0.4, 0.5) is 0 Å². The van der Waals surface area contributed by atoms with Crippen LogP contribution in [0, 0.1) is 11.3 Å². The van der Waals surface area contributed by atoms with Gasteiger partial charge in [0.05, 0.1) is 31.5 Å². The average Bonchev–Trinajstić information content (AvgIpc) is 2.47. The van der Waals surface area contributed by atoms with Gasteiger partial charge in [-0.05, 0) is 31.5 Å². The molecular weight excluding hydrogens is 252 g/mol. The van der Waals surface area contributed by atoms with Crippen molar-refractivity contribution in [2.75, 3.05) is 20.3 Å². The van der Waals surface area contributed by atoms with E-state index >= 15 is 0 Å². The van der Waals surface area contributed by atoms with E-state index in [1.807, 2.05) is 12.1 Å². The Morgan fingerprint density at radius 1 is 1.50 bits per heavy atom. The molecule has 1 aliphatic heterocycles. The number of hydrogen-bond acceptors (Lipinski definition) is 4. The summed E-state index contributed by atoms with van der Waals surface area (Å²) in [5, 5.41) is 9.05. The largest absolute Gasteiger partial charge is 0.496 e. The lowest BCUT2D eigenvalue weighted by Gasteiger charge is -2.38. The molecule has 1 heterocycles. The summed E-state index contributed by atoms with van der Waals surface area (Å²) >= 11 is 0. The lowest BCUT2D eigenvalue weighted by atomic mass is 10.1. The summed E-state index contributed by atoms with van der Waals surface area (Å²) in [5.41, 5.74) is 1.74. The first-order chi connectivity index (χ1) is 9.67. The van der Waals surface area contributed by atoms with Gasteiger partial charge in [0.15, 0.2) is 0 Å².